The van der Waals surface area contributed by atoms with Crippen molar-refractivity contribution < 1.29 is 9.53 Å². The molecule has 0 bridgehead atoms. The normalized spacial score (nSPS) is 11.7. The number of pyridine rings is 1. The van der Waals surface area contributed by atoms with Crippen molar-refractivity contribution in [1.82, 2.24) is 25.1 Å². The lowest BCUT2D eigenvalue weighted by Crippen LogP contribution is -2.28. The van der Waals surface area contributed by atoms with Gasteiger partial charge in [-0.2, -0.15) is 0 Å². The monoisotopic (exact) mass is 445 g/mol. The van der Waals surface area contributed by atoms with Crippen LogP contribution in [0.2, 0.25) is 0 Å². The Hall–Kier alpha value is -3.65. The second kappa shape index (κ2) is 10.1. The number of hydrogen-bond acceptors (Lipinski definition) is 6. The average molecular weight is 446 g/mol. The van der Waals surface area contributed by atoms with Crippen LogP contribution in [0.15, 0.2) is 84.3 Å². The van der Waals surface area contributed by atoms with Crippen molar-refractivity contribution in [3.05, 3.63) is 84.7 Å². The molecular weight excluding hydrogens is 422 g/mol. The molecule has 1 amide bonds. The van der Waals surface area contributed by atoms with Gasteiger partial charge in [0.15, 0.2) is 11.0 Å². The highest BCUT2D eigenvalue weighted by atomic mass is 32.2. The summed E-state index contributed by atoms with van der Waals surface area (Å²) in [6.45, 7) is 1.97. The first-order valence-corrected chi connectivity index (χ1v) is 11.1. The molecule has 0 fully saturated rings. The van der Waals surface area contributed by atoms with Gasteiger partial charge in [-0.1, -0.05) is 42.1 Å². The molecule has 7 nitrogen and oxygen atoms in total. The van der Waals surface area contributed by atoms with Crippen LogP contribution in [-0.4, -0.2) is 38.5 Å². The maximum absolute atomic E-state index is 12.6. The van der Waals surface area contributed by atoms with Crippen LogP contribution in [0.5, 0.6) is 5.75 Å². The van der Waals surface area contributed by atoms with Gasteiger partial charge in [-0.15, -0.1) is 10.2 Å². The molecule has 2 heterocycles. The maximum atomic E-state index is 12.6. The minimum absolute atomic E-state index is 0.0684. The van der Waals surface area contributed by atoms with Crippen LogP contribution in [0.1, 0.15) is 18.5 Å². The number of carbonyl (C=O) groups is 1. The van der Waals surface area contributed by atoms with E-state index in [1.165, 1.54) is 11.8 Å². The molecule has 0 saturated carbocycles. The summed E-state index contributed by atoms with van der Waals surface area (Å²) in [6.07, 6.45) is 3.43. The molecular formula is C24H23N5O2S. The summed E-state index contributed by atoms with van der Waals surface area (Å²) < 4.78 is 7.21. The van der Waals surface area contributed by atoms with Gasteiger partial charge in [0.25, 0.3) is 0 Å². The molecule has 0 saturated heterocycles. The quantitative estimate of drug-likeness (QED) is 0.407. The van der Waals surface area contributed by atoms with Crippen molar-refractivity contribution in [3.8, 4) is 22.8 Å². The highest BCUT2D eigenvalue weighted by Gasteiger charge is 2.18. The van der Waals surface area contributed by atoms with Crippen LogP contribution >= 0.6 is 11.8 Å². The van der Waals surface area contributed by atoms with Crippen LogP contribution in [-0.2, 0) is 4.79 Å². The predicted molar refractivity (Wildman–Crippen MR) is 125 cm³/mol. The van der Waals surface area contributed by atoms with Gasteiger partial charge < -0.3 is 10.1 Å². The zero-order valence-electron chi connectivity index (χ0n) is 17.8. The van der Waals surface area contributed by atoms with E-state index in [0.29, 0.717) is 11.0 Å². The van der Waals surface area contributed by atoms with Gasteiger partial charge in [-0.3, -0.25) is 14.3 Å². The van der Waals surface area contributed by atoms with E-state index >= 15 is 0 Å². The van der Waals surface area contributed by atoms with Crippen LogP contribution < -0.4 is 10.1 Å². The van der Waals surface area contributed by atoms with E-state index in [1.54, 1.807) is 19.5 Å². The molecule has 0 radical (unpaired) electrons. The molecule has 4 aromatic rings. The number of thioether (sulfide) groups is 1. The molecule has 1 atom stereocenters. The van der Waals surface area contributed by atoms with E-state index in [9.17, 15) is 4.79 Å². The Bertz CT molecular complexity index is 1160. The number of rotatable bonds is 8. The molecule has 2 aromatic heterocycles. The van der Waals surface area contributed by atoms with Gasteiger partial charge in [0.05, 0.1) is 18.9 Å². The van der Waals surface area contributed by atoms with Gasteiger partial charge in [0.1, 0.15) is 5.75 Å². The smallest absolute Gasteiger partial charge is 0.230 e. The van der Waals surface area contributed by atoms with Crippen LogP contribution in [0.25, 0.3) is 17.1 Å². The van der Waals surface area contributed by atoms with Crippen LogP contribution in [0, 0.1) is 0 Å². The first-order valence-electron chi connectivity index (χ1n) is 10.1. The second-order valence-electron chi connectivity index (χ2n) is 7.06. The molecule has 162 valence electrons. The number of methoxy groups -OCH3 is 1. The van der Waals surface area contributed by atoms with Gasteiger partial charge in [0, 0.05) is 23.6 Å². The number of amides is 1. The number of ether oxygens (including phenoxy) is 1. The lowest BCUT2D eigenvalue weighted by molar-refractivity contribution is -0.119. The fourth-order valence-corrected chi connectivity index (χ4v) is 4.02. The van der Waals surface area contributed by atoms with Crippen LogP contribution in [0.4, 0.5) is 0 Å². The summed E-state index contributed by atoms with van der Waals surface area (Å²) >= 11 is 1.34. The minimum Gasteiger partial charge on any atom is -0.497 e. The summed E-state index contributed by atoms with van der Waals surface area (Å²) in [6, 6.07) is 21.2. The van der Waals surface area contributed by atoms with E-state index in [2.05, 4.69) is 20.5 Å². The van der Waals surface area contributed by atoms with Gasteiger partial charge in [0.2, 0.25) is 5.91 Å². The molecule has 0 aliphatic rings. The summed E-state index contributed by atoms with van der Waals surface area (Å²) in [5, 5.41) is 12.4. The number of carbonyl (C=O) groups excluding carboxylic acids is 1. The van der Waals surface area contributed by atoms with Crippen molar-refractivity contribution in [2.75, 3.05) is 12.9 Å². The third-order valence-corrected chi connectivity index (χ3v) is 5.84. The van der Waals surface area contributed by atoms with E-state index in [4.69, 9.17) is 4.74 Å². The summed E-state index contributed by atoms with van der Waals surface area (Å²) in [5.41, 5.74) is 2.83. The van der Waals surface area contributed by atoms with Crippen molar-refractivity contribution in [2.45, 2.75) is 18.1 Å². The number of benzene rings is 2. The van der Waals surface area contributed by atoms with Crippen LogP contribution in [0.3, 0.4) is 0 Å². The van der Waals surface area contributed by atoms with E-state index in [-0.39, 0.29) is 17.7 Å². The molecule has 8 heteroatoms. The van der Waals surface area contributed by atoms with E-state index in [1.807, 2.05) is 78.2 Å². The zero-order chi connectivity index (χ0) is 22.3. The highest BCUT2D eigenvalue weighted by Crippen LogP contribution is 2.28. The Morgan fingerprint density at radius 2 is 1.75 bits per heavy atom. The maximum Gasteiger partial charge on any atom is 0.230 e. The number of nitrogens with zero attached hydrogens (tertiary/aromatic N) is 4. The molecule has 0 aliphatic carbocycles. The average Bonchev–Trinajstić information content (AvgIpc) is 3.28. The SMILES string of the molecule is COc1ccc(-n2c(SCC(=O)NC(C)c3ccccc3)nnc2-c2ccncc2)cc1. The van der Waals surface area contributed by atoms with Crippen molar-refractivity contribution in [1.29, 1.82) is 0 Å². The summed E-state index contributed by atoms with van der Waals surface area (Å²) in [7, 11) is 1.63. The largest absolute Gasteiger partial charge is 0.497 e. The minimum atomic E-state index is -0.0730. The number of hydrogen-bond donors (Lipinski definition) is 1. The van der Waals surface area contributed by atoms with E-state index < -0.39 is 0 Å². The lowest BCUT2D eigenvalue weighted by Gasteiger charge is -2.14. The van der Waals surface area contributed by atoms with Crippen molar-refractivity contribution in [3.63, 3.8) is 0 Å². The van der Waals surface area contributed by atoms with Gasteiger partial charge in [-0.05, 0) is 48.9 Å². The molecule has 1 N–H and O–H groups in total. The third kappa shape index (κ3) is 4.97. The highest BCUT2D eigenvalue weighted by molar-refractivity contribution is 7.99. The Kier molecular flexibility index (Phi) is 6.81. The second-order valence-corrected chi connectivity index (χ2v) is 8.01. The molecule has 32 heavy (non-hydrogen) atoms. The predicted octanol–water partition coefficient (Wildman–Crippen LogP) is 4.31. The first-order chi connectivity index (χ1) is 15.7. The third-order valence-electron chi connectivity index (χ3n) is 4.91. The zero-order valence-corrected chi connectivity index (χ0v) is 18.6. The van der Waals surface area contributed by atoms with Crippen molar-refractivity contribution in [2.24, 2.45) is 0 Å². The topological polar surface area (TPSA) is 81.9 Å². The summed E-state index contributed by atoms with van der Waals surface area (Å²) in [5.74, 6) is 1.59. The van der Waals surface area contributed by atoms with Gasteiger partial charge >= 0.3 is 0 Å². The fourth-order valence-electron chi connectivity index (χ4n) is 3.25. The standard InChI is InChI=1S/C24H23N5O2S/c1-17(18-6-4-3-5-7-18)26-22(30)16-32-24-28-27-23(19-12-14-25-15-13-19)29(24)20-8-10-21(31-2)11-9-20/h3-15,17H,16H2,1-2H3,(H,26,30). The Labute approximate surface area is 190 Å². The first kappa shape index (κ1) is 21.6. The Morgan fingerprint density at radius 1 is 1.03 bits per heavy atom. The molecule has 0 aliphatic heterocycles. The molecule has 4 rings (SSSR count). The van der Waals surface area contributed by atoms with E-state index in [0.717, 1.165) is 22.6 Å². The lowest BCUT2D eigenvalue weighted by atomic mass is 10.1. The van der Waals surface area contributed by atoms with Crippen molar-refractivity contribution >= 4 is 17.7 Å². The number of nitrogens with one attached hydrogen (secondary N) is 1. The van der Waals surface area contributed by atoms with Gasteiger partial charge in [-0.25, -0.2) is 0 Å². The summed E-state index contributed by atoms with van der Waals surface area (Å²) in [4.78, 5) is 16.7. The molecule has 1 unspecified atom stereocenters. The Morgan fingerprint density at radius 3 is 2.44 bits per heavy atom. The molecule has 2 aromatic carbocycles. The fraction of sp³-hybridized carbons (Fsp3) is 0.167. The Balaban J connectivity index is 1.55. The number of aromatic nitrogens is 4. The molecule has 0 spiro atoms.